The Morgan fingerprint density at radius 1 is 1.22 bits per heavy atom. The lowest BCUT2D eigenvalue weighted by atomic mass is 10.0. The van der Waals surface area contributed by atoms with Crippen LogP contribution in [0.15, 0.2) is 47.0 Å². The minimum atomic E-state index is -0.347. The highest BCUT2D eigenvalue weighted by Gasteiger charge is 2.38. The molecule has 168 valence electrons. The maximum absolute atomic E-state index is 13.4. The van der Waals surface area contributed by atoms with Crippen LogP contribution in [0.2, 0.25) is 4.34 Å². The van der Waals surface area contributed by atoms with E-state index in [9.17, 15) is 4.79 Å². The molecular formula is C24H27ClN4O2S. The Morgan fingerprint density at radius 2 is 2.00 bits per heavy atom. The van der Waals surface area contributed by atoms with E-state index < -0.39 is 0 Å². The molecule has 1 atom stereocenters. The van der Waals surface area contributed by atoms with Crippen LogP contribution in [0, 0.1) is 0 Å². The van der Waals surface area contributed by atoms with Gasteiger partial charge in [0.15, 0.2) is 11.6 Å². The first-order valence-electron chi connectivity index (χ1n) is 11.1. The van der Waals surface area contributed by atoms with Crippen molar-refractivity contribution in [2.24, 2.45) is 0 Å². The summed E-state index contributed by atoms with van der Waals surface area (Å²) in [4.78, 5) is 18.8. The van der Waals surface area contributed by atoms with Crippen LogP contribution >= 0.6 is 22.9 Å². The normalized spacial score (nSPS) is 19.5. The maximum Gasteiger partial charge on any atom is 0.243 e. The predicted octanol–water partition coefficient (Wildman–Crippen LogP) is 5.11. The molecule has 0 aliphatic carbocycles. The molecule has 0 radical (unpaired) electrons. The van der Waals surface area contributed by atoms with Crippen LogP contribution < -0.4 is 10.2 Å². The summed E-state index contributed by atoms with van der Waals surface area (Å²) in [5.74, 6) is 1.35. The van der Waals surface area contributed by atoms with Crippen molar-refractivity contribution in [3.63, 3.8) is 0 Å². The van der Waals surface area contributed by atoms with Gasteiger partial charge in [0.2, 0.25) is 5.91 Å². The molecule has 6 nitrogen and oxygen atoms in total. The third-order valence-corrected chi connectivity index (χ3v) is 7.69. The van der Waals surface area contributed by atoms with E-state index in [4.69, 9.17) is 16.1 Å². The van der Waals surface area contributed by atoms with E-state index in [0.717, 1.165) is 42.1 Å². The summed E-state index contributed by atoms with van der Waals surface area (Å²) < 4.78 is 6.33. The fourth-order valence-electron chi connectivity index (χ4n) is 4.68. The Kier molecular flexibility index (Phi) is 5.97. The lowest BCUT2D eigenvalue weighted by molar-refractivity contribution is -0.123. The summed E-state index contributed by atoms with van der Waals surface area (Å²) in [5.41, 5.74) is 2.15. The number of halogens is 1. The second kappa shape index (κ2) is 8.89. The van der Waals surface area contributed by atoms with Gasteiger partial charge in [0.25, 0.3) is 0 Å². The van der Waals surface area contributed by atoms with Crippen molar-refractivity contribution in [3.8, 4) is 10.6 Å². The topological polar surface area (TPSA) is 61.6 Å². The molecule has 0 spiro atoms. The van der Waals surface area contributed by atoms with E-state index in [1.54, 1.807) is 0 Å². The number of likely N-dealkylation sites (tertiary alicyclic amines) is 1. The first-order valence-corrected chi connectivity index (χ1v) is 12.3. The van der Waals surface area contributed by atoms with Crippen LogP contribution in [0.1, 0.15) is 32.3 Å². The number of benzene rings is 1. The standard InChI is InChI=1S/C24H27ClN4O2S/c1-15(2)28-11-9-17(10-12-28)26-24(30)19-13-16-5-3-4-6-18(16)29(19)23-14-20(31-27-23)21-7-8-22(25)32-21/h3-8,14-15,17,19H,9-13H2,1-2H3,(H,26,30). The molecule has 32 heavy (non-hydrogen) atoms. The predicted molar refractivity (Wildman–Crippen MR) is 129 cm³/mol. The zero-order valence-corrected chi connectivity index (χ0v) is 19.8. The van der Waals surface area contributed by atoms with Gasteiger partial charge in [-0.05, 0) is 50.5 Å². The van der Waals surface area contributed by atoms with Gasteiger partial charge in [0.05, 0.1) is 9.21 Å². The van der Waals surface area contributed by atoms with Gasteiger partial charge in [0.1, 0.15) is 6.04 Å². The molecule has 8 heteroatoms. The number of amides is 1. The molecule has 1 aromatic carbocycles. The van der Waals surface area contributed by atoms with Gasteiger partial charge in [-0.3, -0.25) is 4.79 Å². The average Bonchev–Trinajstić information content (AvgIpc) is 3.51. The lowest BCUT2D eigenvalue weighted by Gasteiger charge is -2.35. The van der Waals surface area contributed by atoms with Crippen molar-refractivity contribution in [1.82, 2.24) is 15.4 Å². The van der Waals surface area contributed by atoms with Gasteiger partial charge in [0, 0.05) is 43.3 Å². The van der Waals surface area contributed by atoms with Crippen LogP contribution in [0.3, 0.4) is 0 Å². The van der Waals surface area contributed by atoms with Gasteiger partial charge in [-0.25, -0.2) is 0 Å². The van der Waals surface area contributed by atoms with E-state index in [2.05, 4.69) is 35.3 Å². The van der Waals surface area contributed by atoms with Crippen molar-refractivity contribution in [2.45, 2.75) is 51.2 Å². The van der Waals surface area contributed by atoms with E-state index in [-0.39, 0.29) is 18.0 Å². The Morgan fingerprint density at radius 3 is 2.72 bits per heavy atom. The zero-order valence-electron chi connectivity index (χ0n) is 18.3. The Hall–Kier alpha value is -2.35. The largest absolute Gasteiger partial charge is 0.353 e. The summed E-state index contributed by atoms with van der Waals surface area (Å²) in [6.45, 7) is 6.49. The highest BCUT2D eigenvalue weighted by atomic mass is 35.5. The summed E-state index contributed by atoms with van der Waals surface area (Å²) in [6, 6.07) is 14.2. The number of piperidine rings is 1. The third-order valence-electron chi connectivity index (χ3n) is 6.45. The van der Waals surface area contributed by atoms with Crippen LogP contribution in [0.4, 0.5) is 11.5 Å². The first kappa shape index (κ1) is 21.5. The van der Waals surface area contributed by atoms with E-state index in [1.807, 2.05) is 41.3 Å². The molecule has 4 heterocycles. The quantitative estimate of drug-likeness (QED) is 0.561. The Labute approximate surface area is 197 Å². The van der Waals surface area contributed by atoms with Crippen molar-refractivity contribution < 1.29 is 9.32 Å². The maximum atomic E-state index is 13.4. The highest BCUT2D eigenvalue weighted by molar-refractivity contribution is 7.19. The number of hydrogen-bond acceptors (Lipinski definition) is 6. The van der Waals surface area contributed by atoms with E-state index in [1.165, 1.54) is 11.3 Å². The number of aromatic nitrogens is 1. The van der Waals surface area contributed by atoms with Crippen LogP contribution in [0.5, 0.6) is 0 Å². The summed E-state index contributed by atoms with van der Waals surface area (Å²) in [5, 5.41) is 7.63. The number of hydrogen-bond donors (Lipinski definition) is 1. The number of fused-ring (bicyclic) bond motifs is 1. The molecule has 2 aromatic heterocycles. The number of rotatable bonds is 5. The fraction of sp³-hybridized carbons (Fsp3) is 0.417. The second-order valence-corrected chi connectivity index (χ2v) is 10.5. The molecule has 5 rings (SSSR count). The number of para-hydroxylation sites is 1. The first-order chi connectivity index (χ1) is 15.5. The molecule has 1 fully saturated rings. The molecule has 2 aliphatic rings. The molecule has 3 aromatic rings. The number of thiophene rings is 1. The van der Waals surface area contributed by atoms with Gasteiger partial charge < -0.3 is 19.6 Å². The summed E-state index contributed by atoms with van der Waals surface area (Å²) >= 11 is 7.53. The van der Waals surface area contributed by atoms with Crippen molar-refractivity contribution in [2.75, 3.05) is 18.0 Å². The summed E-state index contributed by atoms with van der Waals surface area (Å²) in [7, 11) is 0. The number of carbonyl (C=O) groups excluding carboxylic acids is 1. The van der Waals surface area contributed by atoms with Gasteiger partial charge in [-0.15, -0.1) is 11.3 Å². The highest BCUT2D eigenvalue weighted by Crippen LogP contribution is 2.40. The minimum Gasteiger partial charge on any atom is -0.353 e. The second-order valence-electron chi connectivity index (χ2n) is 8.78. The molecule has 1 unspecified atom stereocenters. The van der Waals surface area contributed by atoms with Crippen LogP contribution in [-0.2, 0) is 11.2 Å². The summed E-state index contributed by atoms with van der Waals surface area (Å²) in [6.07, 6.45) is 2.62. The number of anilines is 2. The van der Waals surface area contributed by atoms with Crippen LogP contribution in [0.25, 0.3) is 10.6 Å². The molecular weight excluding hydrogens is 444 g/mol. The van der Waals surface area contributed by atoms with Crippen molar-refractivity contribution in [3.05, 3.63) is 52.4 Å². The van der Waals surface area contributed by atoms with Crippen LogP contribution in [-0.4, -0.2) is 47.2 Å². The zero-order chi connectivity index (χ0) is 22.2. The SMILES string of the molecule is CC(C)N1CCC(NC(=O)C2Cc3ccccc3N2c2cc(-c3ccc(Cl)s3)on2)CC1. The number of carbonyl (C=O) groups is 1. The van der Waals surface area contributed by atoms with Gasteiger partial charge in [-0.2, -0.15) is 0 Å². The van der Waals surface area contributed by atoms with Crippen molar-refractivity contribution in [1.29, 1.82) is 0 Å². The number of nitrogens with one attached hydrogen (secondary N) is 1. The smallest absolute Gasteiger partial charge is 0.243 e. The third kappa shape index (κ3) is 4.17. The minimum absolute atomic E-state index is 0.0490. The molecule has 0 bridgehead atoms. The molecule has 1 amide bonds. The average molecular weight is 471 g/mol. The van der Waals surface area contributed by atoms with Gasteiger partial charge in [-0.1, -0.05) is 35.0 Å². The Bertz CT molecular complexity index is 1100. The molecule has 1 saturated heterocycles. The fourth-order valence-corrected chi connectivity index (χ4v) is 5.67. The lowest BCUT2D eigenvalue weighted by Crippen LogP contribution is -2.51. The van der Waals surface area contributed by atoms with E-state index >= 15 is 0 Å². The van der Waals surface area contributed by atoms with Gasteiger partial charge >= 0.3 is 0 Å². The van der Waals surface area contributed by atoms with Crippen molar-refractivity contribution >= 4 is 40.4 Å². The molecule has 0 saturated carbocycles. The monoisotopic (exact) mass is 470 g/mol. The number of nitrogens with zero attached hydrogens (tertiary/aromatic N) is 3. The molecule has 2 aliphatic heterocycles. The Balaban J connectivity index is 1.36. The molecule has 1 N–H and O–H groups in total. The van der Waals surface area contributed by atoms with E-state index in [0.29, 0.717) is 28.4 Å².